The molecule has 0 fully saturated rings. The molecule has 7 nitrogen and oxygen atoms in total. The van der Waals surface area contributed by atoms with Crippen LogP contribution in [0.4, 0.5) is 0 Å². The van der Waals surface area contributed by atoms with Crippen molar-refractivity contribution in [3.63, 3.8) is 0 Å². The van der Waals surface area contributed by atoms with Crippen molar-refractivity contribution < 1.29 is 13.5 Å². The zero-order chi connectivity index (χ0) is 17.3. The molecule has 2 atom stereocenters. The van der Waals surface area contributed by atoms with E-state index in [1.165, 1.54) is 6.26 Å². The number of aliphatic hydroxyl groups excluding tert-OH is 1. The van der Waals surface area contributed by atoms with E-state index in [-0.39, 0.29) is 18.3 Å². The second kappa shape index (κ2) is 9.46. The monoisotopic (exact) mass is 342 g/mol. The zero-order valence-electron chi connectivity index (χ0n) is 13.9. The Kier molecular flexibility index (Phi) is 7.97. The zero-order valence-corrected chi connectivity index (χ0v) is 14.7. The maximum atomic E-state index is 11.2. The van der Waals surface area contributed by atoms with Crippen molar-refractivity contribution in [3.8, 4) is 0 Å². The molecule has 0 spiro atoms. The molecule has 1 heterocycles. The number of aromatic nitrogens is 1. The summed E-state index contributed by atoms with van der Waals surface area (Å²) in [5.41, 5.74) is 0.754. The molecular formula is C15H26N4O3S. The summed E-state index contributed by atoms with van der Waals surface area (Å²) in [5, 5.41) is 16.3. The Bertz CT molecular complexity index is 590. The van der Waals surface area contributed by atoms with Gasteiger partial charge in [-0.2, -0.15) is 0 Å². The van der Waals surface area contributed by atoms with Gasteiger partial charge in [0.05, 0.1) is 18.4 Å². The number of nitrogens with one attached hydrogen (secondary N) is 2. The van der Waals surface area contributed by atoms with E-state index < -0.39 is 15.9 Å². The Morgan fingerprint density at radius 3 is 2.61 bits per heavy atom. The SMILES string of the molecule is CCNC(=NCC(O)c1ccncc1)NC(C)CCS(C)(=O)=O. The highest BCUT2D eigenvalue weighted by atomic mass is 32.2. The first kappa shape index (κ1) is 19.4. The molecule has 3 N–H and O–H groups in total. The average Bonchev–Trinajstić information content (AvgIpc) is 2.51. The molecule has 0 aliphatic heterocycles. The van der Waals surface area contributed by atoms with Crippen LogP contribution in [-0.2, 0) is 9.84 Å². The van der Waals surface area contributed by atoms with Crippen LogP contribution in [0.3, 0.4) is 0 Å². The third kappa shape index (κ3) is 8.51. The quantitative estimate of drug-likeness (QED) is 0.469. The molecule has 0 bridgehead atoms. The van der Waals surface area contributed by atoms with Crippen LogP contribution in [0, 0.1) is 0 Å². The lowest BCUT2D eigenvalue weighted by Crippen LogP contribution is -2.43. The van der Waals surface area contributed by atoms with E-state index in [0.29, 0.717) is 18.9 Å². The Hall–Kier alpha value is -1.67. The van der Waals surface area contributed by atoms with Crippen LogP contribution in [0.5, 0.6) is 0 Å². The van der Waals surface area contributed by atoms with Gasteiger partial charge < -0.3 is 15.7 Å². The van der Waals surface area contributed by atoms with Gasteiger partial charge in [0.2, 0.25) is 0 Å². The van der Waals surface area contributed by atoms with Crippen molar-refractivity contribution in [1.29, 1.82) is 0 Å². The summed E-state index contributed by atoms with van der Waals surface area (Å²) in [6.45, 7) is 4.73. The maximum absolute atomic E-state index is 11.2. The molecule has 0 aliphatic rings. The minimum Gasteiger partial charge on any atom is -0.386 e. The number of rotatable bonds is 8. The molecule has 0 saturated heterocycles. The molecule has 2 unspecified atom stereocenters. The highest BCUT2D eigenvalue weighted by Gasteiger charge is 2.11. The van der Waals surface area contributed by atoms with Crippen molar-refractivity contribution in [2.45, 2.75) is 32.4 Å². The van der Waals surface area contributed by atoms with Crippen LogP contribution in [0.2, 0.25) is 0 Å². The number of sulfone groups is 1. The van der Waals surface area contributed by atoms with Gasteiger partial charge in [-0.3, -0.25) is 9.98 Å². The molecule has 1 aromatic rings. The third-order valence-corrected chi connectivity index (χ3v) is 4.14. The van der Waals surface area contributed by atoms with Crippen LogP contribution in [0.1, 0.15) is 31.9 Å². The Morgan fingerprint density at radius 1 is 1.39 bits per heavy atom. The smallest absolute Gasteiger partial charge is 0.191 e. The minimum absolute atomic E-state index is 0.0411. The van der Waals surface area contributed by atoms with Gasteiger partial charge in [0.1, 0.15) is 9.84 Å². The summed E-state index contributed by atoms with van der Waals surface area (Å²) >= 11 is 0. The molecular weight excluding hydrogens is 316 g/mol. The lowest BCUT2D eigenvalue weighted by atomic mass is 10.1. The minimum atomic E-state index is -2.98. The maximum Gasteiger partial charge on any atom is 0.191 e. The van der Waals surface area contributed by atoms with Crippen LogP contribution in [0.15, 0.2) is 29.5 Å². The predicted octanol–water partition coefficient (Wildman–Crippen LogP) is 0.493. The summed E-state index contributed by atoms with van der Waals surface area (Å²) < 4.78 is 22.4. The lowest BCUT2D eigenvalue weighted by molar-refractivity contribution is 0.187. The molecule has 0 radical (unpaired) electrons. The predicted molar refractivity (Wildman–Crippen MR) is 92.1 cm³/mol. The molecule has 8 heteroatoms. The molecule has 1 aromatic heterocycles. The summed E-state index contributed by atoms with van der Waals surface area (Å²) in [6, 6.07) is 3.45. The summed E-state index contributed by atoms with van der Waals surface area (Å²) in [4.78, 5) is 8.26. The van der Waals surface area contributed by atoms with Gasteiger partial charge in [-0.05, 0) is 38.0 Å². The Balaban J connectivity index is 2.59. The number of aliphatic hydroxyl groups is 1. The van der Waals surface area contributed by atoms with Crippen molar-refractivity contribution in [2.75, 3.05) is 25.1 Å². The molecule has 0 saturated carbocycles. The molecule has 1 rings (SSSR count). The number of aliphatic imine (C=N–C) groups is 1. The van der Waals surface area contributed by atoms with E-state index in [1.54, 1.807) is 24.5 Å². The standard InChI is InChI=1S/C15H26N4O3S/c1-4-17-15(19-12(2)7-10-23(3,21)22)18-11-14(20)13-5-8-16-9-6-13/h5-6,8-9,12,14,20H,4,7,10-11H2,1-3H3,(H2,17,18,19). The van der Waals surface area contributed by atoms with Crippen molar-refractivity contribution in [2.24, 2.45) is 4.99 Å². The number of hydrogen-bond donors (Lipinski definition) is 3. The van der Waals surface area contributed by atoms with E-state index in [4.69, 9.17) is 0 Å². The van der Waals surface area contributed by atoms with E-state index in [9.17, 15) is 13.5 Å². The number of guanidine groups is 1. The van der Waals surface area contributed by atoms with Gasteiger partial charge in [-0.15, -0.1) is 0 Å². The number of pyridine rings is 1. The summed E-state index contributed by atoms with van der Waals surface area (Å²) in [7, 11) is -2.98. The normalized spacial score (nSPS) is 15.0. The first-order valence-electron chi connectivity index (χ1n) is 7.62. The number of hydrogen-bond acceptors (Lipinski definition) is 5. The fourth-order valence-corrected chi connectivity index (χ4v) is 2.67. The molecule has 0 amide bonds. The number of nitrogens with zero attached hydrogens (tertiary/aromatic N) is 2. The molecule has 0 aromatic carbocycles. The highest BCUT2D eigenvalue weighted by molar-refractivity contribution is 7.90. The molecule has 130 valence electrons. The van der Waals surface area contributed by atoms with Gasteiger partial charge in [0.15, 0.2) is 5.96 Å². The second-order valence-electron chi connectivity index (χ2n) is 5.48. The van der Waals surface area contributed by atoms with Gasteiger partial charge >= 0.3 is 0 Å². The van der Waals surface area contributed by atoms with Crippen LogP contribution < -0.4 is 10.6 Å². The summed E-state index contributed by atoms with van der Waals surface area (Å²) in [6.07, 6.45) is 4.26. The Labute approximate surface area is 138 Å². The van der Waals surface area contributed by atoms with E-state index in [1.807, 2.05) is 13.8 Å². The summed E-state index contributed by atoms with van der Waals surface area (Å²) in [5.74, 6) is 0.682. The van der Waals surface area contributed by atoms with Gasteiger partial charge in [-0.1, -0.05) is 0 Å². The van der Waals surface area contributed by atoms with Gasteiger partial charge in [-0.25, -0.2) is 8.42 Å². The van der Waals surface area contributed by atoms with Crippen LogP contribution in [0.25, 0.3) is 0 Å². The lowest BCUT2D eigenvalue weighted by Gasteiger charge is -2.18. The first-order valence-corrected chi connectivity index (χ1v) is 9.68. The van der Waals surface area contributed by atoms with Crippen LogP contribution in [-0.4, -0.2) is 55.6 Å². The van der Waals surface area contributed by atoms with Crippen LogP contribution >= 0.6 is 0 Å². The average molecular weight is 342 g/mol. The molecule has 23 heavy (non-hydrogen) atoms. The van der Waals surface area contributed by atoms with Gasteiger partial charge in [0, 0.05) is 31.2 Å². The van der Waals surface area contributed by atoms with Crippen molar-refractivity contribution >= 4 is 15.8 Å². The third-order valence-electron chi connectivity index (χ3n) is 3.16. The molecule has 0 aliphatic carbocycles. The Morgan fingerprint density at radius 2 is 2.04 bits per heavy atom. The fourth-order valence-electron chi connectivity index (χ4n) is 1.89. The van der Waals surface area contributed by atoms with Crippen molar-refractivity contribution in [1.82, 2.24) is 15.6 Å². The van der Waals surface area contributed by atoms with E-state index in [0.717, 1.165) is 5.56 Å². The highest BCUT2D eigenvalue weighted by Crippen LogP contribution is 2.11. The first-order chi connectivity index (χ1) is 10.8. The second-order valence-corrected chi connectivity index (χ2v) is 7.74. The van der Waals surface area contributed by atoms with E-state index >= 15 is 0 Å². The topological polar surface area (TPSA) is 104 Å². The van der Waals surface area contributed by atoms with Crippen molar-refractivity contribution in [3.05, 3.63) is 30.1 Å². The van der Waals surface area contributed by atoms with E-state index in [2.05, 4.69) is 20.6 Å². The fraction of sp³-hybridized carbons (Fsp3) is 0.600. The largest absolute Gasteiger partial charge is 0.386 e. The van der Waals surface area contributed by atoms with Gasteiger partial charge in [0.25, 0.3) is 0 Å².